The highest BCUT2D eigenvalue weighted by Crippen LogP contribution is 2.26. The molecule has 1 atom stereocenters. The summed E-state index contributed by atoms with van der Waals surface area (Å²) in [7, 11) is 0. The van der Waals surface area contributed by atoms with Gasteiger partial charge in [-0.3, -0.25) is 19.5 Å². The van der Waals surface area contributed by atoms with Crippen LogP contribution in [0.2, 0.25) is 0 Å². The second-order valence-corrected chi connectivity index (χ2v) is 7.86. The van der Waals surface area contributed by atoms with Gasteiger partial charge in [-0.05, 0) is 43.5 Å². The first kappa shape index (κ1) is 22.2. The average molecular weight is 449 g/mol. The van der Waals surface area contributed by atoms with Crippen LogP contribution in [0.1, 0.15) is 16.7 Å². The summed E-state index contributed by atoms with van der Waals surface area (Å²) < 4.78 is 8.38. The van der Waals surface area contributed by atoms with Gasteiger partial charge in [-0.15, -0.1) is 0 Å². The molecule has 33 heavy (non-hydrogen) atoms. The molecule has 4 rings (SSSR count). The summed E-state index contributed by atoms with van der Waals surface area (Å²) in [5.74, 6) is 0.723. The summed E-state index contributed by atoms with van der Waals surface area (Å²) in [5, 5.41) is 26.2. The summed E-state index contributed by atoms with van der Waals surface area (Å²) >= 11 is 0. The molecule has 0 aliphatic carbocycles. The maximum atomic E-state index is 12.9. The molecule has 1 N–H and O–H groups in total. The van der Waals surface area contributed by atoms with Gasteiger partial charge in [0.05, 0.1) is 17.7 Å². The number of aryl methyl sites for hydroxylation is 2. The average Bonchev–Trinajstić information content (AvgIpc) is 3.23. The number of aromatic nitrogens is 4. The van der Waals surface area contributed by atoms with Gasteiger partial charge in [0.15, 0.2) is 5.65 Å². The van der Waals surface area contributed by atoms with Crippen molar-refractivity contribution in [3.63, 3.8) is 0 Å². The van der Waals surface area contributed by atoms with Gasteiger partial charge in [0, 0.05) is 6.07 Å². The third-order valence-corrected chi connectivity index (χ3v) is 5.56. The number of ether oxygens (including phenoxy) is 1. The van der Waals surface area contributed by atoms with E-state index in [9.17, 15) is 20.0 Å². The fourth-order valence-electron chi connectivity index (χ4n) is 3.66. The molecule has 1 unspecified atom stereocenters. The van der Waals surface area contributed by atoms with Crippen molar-refractivity contribution in [3.05, 3.63) is 86.1 Å². The number of para-hydroxylation sites is 2. The molecule has 2 aromatic carbocycles. The zero-order valence-corrected chi connectivity index (χ0v) is 18.4. The Labute approximate surface area is 188 Å². The Balaban J connectivity index is 1.57. The summed E-state index contributed by atoms with van der Waals surface area (Å²) in [6.45, 7) is 5.86. The fourth-order valence-corrected chi connectivity index (χ4v) is 3.66. The number of aliphatic hydroxyl groups excluding tert-OH is 1. The first-order valence-electron chi connectivity index (χ1n) is 10.3. The van der Waals surface area contributed by atoms with Crippen LogP contribution < -0.4 is 10.3 Å². The Hall–Kier alpha value is -4.05. The first-order valence-corrected chi connectivity index (χ1v) is 10.3. The molecule has 170 valence electrons. The third kappa shape index (κ3) is 4.20. The summed E-state index contributed by atoms with van der Waals surface area (Å²) in [5.41, 5.74) is 2.90. The van der Waals surface area contributed by atoms with Crippen molar-refractivity contribution in [1.82, 2.24) is 19.3 Å². The molecule has 0 aliphatic heterocycles. The molecule has 0 radical (unpaired) electrons. The van der Waals surface area contributed by atoms with Gasteiger partial charge in [-0.1, -0.05) is 24.3 Å². The van der Waals surface area contributed by atoms with Crippen molar-refractivity contribution in [1.29, 1.82) is 0 Å². The normalized spacial score (nSPS) is 12.1. The van der Waals surface area contributed by atoms with E-state index >= 15 is 0 Å². The summed E-state index contributed by atoms with van der Waals surface area (Å²) in [4.78, 5) is 28.1. The minimum absolute atomic E-state index is 0.00504. The minimum Gasteiger partial charge on any atom is -0.490 e. The van der Waals surface area contributed by atoms with Gasteiger partial charge >= 0.3 is 0 Å². The van der Waals surface area contributed by atoms with E-state index in [1.165, 1.54) is 33.9 Å². The predicted octanol–water partition coefficient (Wildman–Crippen LogP) is 2.86. The summed E-state index contributed by atoms with van der Waals surface area (Å²) in [6.07, 6.45) is 1.66. The van der Waals surface area contributed by atoms with Crippen LogP contribution in [0.4, 0.5) is 5.69 Å². The number of rotatable bonds is 7. The van der Waals surface area contributed by atoms with E-state index < -0.39 is 16.6 Å². The highest BCUT2D eigenvalue weighted by molar-refractivity contribution is 5.76. The lowest BCUT2D eigenvalue weighted by Gasteiger charge is -2.17. The zero-order valence-electron chi connectivity index (χ0n) is 18.4. The maximum Gasteiger partial charge on any atom is 0.294 e. The number of hydrogen-bond acceptors (Lipinski definition) is 7. The molecular weight excluding hydrogens is 426 g/mol. The van der Waals surface area contributed by atoms with Gasteiger partial charge < -0.3 is 9.84 Å². The molecule has 0 aliphatic rings. The molecule has 0 amide bonds. The van der Waals surface area contributed by atoms with E-state index in [0.29, 0.717) is 0 Å². The number of nitrogens with zero attached hydrogens (tertiary/aromatic N) is 5. The lowest BCUT2D eigenvalue weighted by atomic mass is 10.1. The van der Waals surface area contributed by atoms with Gasteiger partial charge in [-0.2, -0.15) is 5.10 Å². The first-order chi connectivity index (χ1) is 15.8. The van der Waals surface area contributed by atoms with Crippen LogP contribution in [0.15, 0.2) is 53.7 Å². The van der Waals surface area contributed by atoms with Crippen LogP contribution in [0, 0.1) is 30.9 Å². The molecule has 0 spiro atoms. The Kier molecular flexibility index (Phi) is 5.93. The van der Waals surface area contributed by atoms with Gasteiger partial charge in [-0.25, -0.2) is 9.67 Å². The SMILES string of the molecule is Cc1ccc(C)c(OCC(O)Cn2cnc3c(cnn3-c3ccccc3[N+](=O)[O-])c2=O)c1C. The molecule has 0 bridgehead atoms. The number of nitro groups is 1. The van der Waals surface area contributed by atoms with Crippen molar-refractivity contribution in [3.8, 4) is 11.4 Å². The topological polar surface area (TPSA) is 125 Å². The molecule has 0 saturated heterocycles. The Morgan fingerprint density at radius 2 is 1.88 bits per heavy atom. The van der Waals surface area contributed by atoms with Crippen LogP contribution >= 0.6 is 0 Å². The fraction of sp³-hybridized carbons (Fsp3) is 0.261. The van der Waals surface area contributed by atoms with Crippen LogP contribution in [-0.2, 0) is 6.54 Å². The molecule has 4 aromatic rings. The van der Waals surface area contributed by atoms with Crippen LogP contribution in [-0.4, -0.2) is 42.1 Å². The lowest BCUT2D eigenvalue weighted by molar-refractivity contribution is -0.384. The second-order valence-electron chi connectivity index (χ2n) is 7.86. The van der Waals surface area contributed by atoms with E-state index in [1.807, 2.05) is 32.9 Å². The van der Waals surface area contributed by atoms with Crippen molar-refractivity contribution in [2.24, 2.45) is 0 Å². The number of fused-ring (bicyclic) bond motifs is 1. The highest BCUT2D eigenvalue weighted by Gasteiger charge is 2.20. The van der Waals surface area contributed by atoms with Crippen molar-refractivity contribution in [2.45, 2.75) is 33.4 Å². The van der Waals surface area contributed by atoms with Crippen molar-refractivity contribution in [2.75, 3.05) is 6.61 Å². The zero-order chi connectivity index (χ0) is 23.7. The van der Waals surface area contributed by atoms with E-state index in [0.717, 1.165) is 22.4 Å². The minimum atomic E-state index is -0.952. The Morgan fingerprint density at radius 1 is 1.15 bits per heavy atom. The summed E-state index contributed by atoms with van der Waals surface area (Å²) in [6, 6.07) is 10.1. The molecule has 0 saturated carbocycles. The number of hydrogen-bond donors (Lipinski definition) is 1. The maximum absolute atomic E-state index is 12.9. The standard InChI is InChI=1S/C23H23N5O5/c1-14-8-9-15(2)21(16(14)3)33-12-17(29)11-26-13-24-22-18(23(26)30)10-25-27(22)19-6-4-5-7-20(19)28(31)32/h4-10,13,17,29H,11-12H2,1-3H3. The van der Waals surface area contributed by atoms with Crippen LogP contribution in [0.3, 0.4) is 0 Å². The van der Waals surface area contributed by atoms with Crippen molar-refractivity contribution >= 4 is 16.7 Å². The number of nitro benzene ring substituents is 1. The molecule has 0 fully saturated rings. The van der Waals surface area contributed by atoms with Crippen LogP contribution in [0.25, 0.3) is 16.7 Å². The van der Waals surface area contributed by atoms with E-state index in [-0.39, 0.29) is 35.6 Å². The number of benzene rings is 2. The monoisotopic (exact) mass is 449 g/mol. The molecule has 10 nitrogen and oxygen atoms in total. The molecule has 10 heteroatoms. The second kappa shape index (κ2) is 8.83. The largest absolute Gasteiger partial charge is 0.490 e. The van der Waals surface area contributed by atoms with Crippen molar-refractivity contribution < 1.29 is 14.8 Å². The molecule has 2 heterocycles. The smallest absolute Gasteiger partial charge is 0.294 e. The van der Waals surface area contributed by atoms with Gasteiger partial charge in [0.25, 0.3) is 11.2 Å². The predicted molar refractivity (Wildman–Crippen MR) is 122 cm³/mol. The quantitative estimate of drug-likeness (QED) is 0.340. The molecule has 2 aromatic heterocycles. The highest BCUT2D eigenvalue weighted by atomic mass is 16.6. The Morgan fingerprint density at radius 3 is 2.64 bits per heavy atom. The lowest BCUT2D eigenvalue weighted by Crippen LogP contribution is -2.30. The third-order valence-electron chi connectivity index (χ3n) is 5.56. The van der Waals surface area contributed by atoms with Crippen LogP contribution in [0.5, 0.6) is 5.75 Å². The van der Waals surface area contributed by atoms with E-state index in [2.05, 4.69) is 10.1 Å². The Bertz CT molecular complexity index is 1410. The van der Waals surface area contributed by atoms with Gasteiger partial charge in [0.2, 0.25) is 0 Å². The van der Waals surface area contributed by atoms with E-state index in [4.69, 9.17) is 4.74 Å². The van der Waals surface area contributed by atoms with Gasteiger partial charge in [0.1, 0.15) is 35.9 Å². The number of aliphatic hydroxyl groups is 1. The molecular formula is C23H23N5O5. The van der Waals surface area contributed by atoms with E-state index in [1.54, 1.807) is 12.1 Å².